The highest BCUT2D eigenvalue weighted by molar-refractivity contribution is 7.13. The fraction of sp³-hybridized carbons (Fsp3) is 0.111. The molecular formula is C18H15Cl2N3OS. The molecule has 0 spiro atoms. The number of hydrogen-bond donors (Lipinski definition) is 1. The summed E-state index contributed by atoms with van der Waals surface area (Å²) >= 11 is 14.1. The van der Waals surface area contributed by atoms with Crippen LogP contribution in [0.1, 0.15) is 16.8 Å². The number of aromatic nitrogens is 1. The maximum atomic E-state index is 6.31. The Bertz CT molecular complexity index is 858. The Labute approximate surface area is 160 Å². The minimum Gasteiger partial charge on any atom is -0.489 e. The van der Waals surface area contributed by atoms with Gasteiger partial charge in [-0.25, -0.2) is 4.98 Å². The molecule has 0 saturated carbocycles. The molecule has 0 unspecified atom stereocenters. The first kappa shape index (κ1) is 17.7. The molecule has 0 fully saturated rings. The van der Waals surface area contributed by atoms with Crippen LogP contribution < -0.4 is 10.2 Å². The predicted octanol–water partition coefficient (Wildman–Crippen LogP) is 5.78. The Morgan fingerprint density at radius 1 is 1.20 bits per heavy atom. The summed E-state index contributed by atoms with van der Waals surface area (Å²) in [5.74, 6) is 0.611. The summed E-state index contributed by atoms with van der Waals surface area (Å²) in [4.78, 5) is 4.26. The second-order valence-corrected chi connectivity index (χ2v) is 6.91. The summed E-state index contributed by atoms with van der Waals surface area (Å²) < 4.78 is 5.75. The van der Waals surface area contributed by atoms with Crippen LogP contribution in [0, 0.1) is 6.92 Å². The van der Waals surface area contributed by atoms with E-state index >= 15 is 0 Å². The standard InChI is InChI=1S/C18H15Cl2N3OS/c1-12-11-25-18(22-12)23-21-9-15-16(19)7-14(8-17(15)20)24-10-13-5-3-2-4-6-13/h2-9,11H,10H2,1H3,(H,22,23). The first-order chi connectivity index (χ1) is 12.1. The van der Waals surface area contributed by atoms with Gasteiger partial charge in [0.1, 0.15) is 12.4 Å². The zero-order chi connectivity index (χ0) is 17.6. The van der Waals surface area contributed by atoms with Crippen LogP contribution in [0.15, 0.2) is 52.9 Å². The SMILES string of the molecule is Cc1csc(NN=Cc2c(Cl)cc(OCc3ccccc3)cc2Cl)n1. The molecule has 0 amide bonds. The number of ether oxygens (including phenoxy) is 1. The van der Waals surface area contributed by atoms with Gasteiger partial charge in [-0.05, 0) is 24.6 Å². The average molecular weight is 392 g/mol. The molecular weight excluding hydrogens is 377 g/mol. The molecule has 0 aliphatic heterocycles. The lowest BCUT2D eigenvalue weighted by atomic mass is 10.2. The van der Waals surface area contributed by atoms with E-state index in [0.29, 0.717) is 33.1 Å². The predicted molar refractivity (Wildman–Crippen MR) is 105 cm³/mol. The van der Waals surface area contributed by atoms with Crippen LogP contribution in [0.3, 0.4) is 0 Å². The number of anilines is 1. The maximum absolute atomic E-state index is 6.31. The summed E-state index contributed by atoms with van der Waals surface area (Å²) in [6.07, 6.45) is 1.57. The zero-order valence-electron chi connectivity index (χ0n) is 13.4. The van der Waals surface area contributed by atoms with Gasteiger partial charge in [0.05, 0.1) is 22.0 Å². The molecule has 1 N–H and O–H groups in total. The monoisotopic (exact) mass is 391 g/mol. The van der Waals surface area contributed by atoms with Crippen molar-refractivity contribution in [1.29, 1.82) is 0 Å². The second kappa shape index (κ2) is 8.34. The van der Waals surface area contributed by atoms with Gasteiger partial charge in [-0.3, -0.25) is 5.43 Å². The van der Waals surface area contributed by atoms with Crippen molar-refractivity contribution in [1.82, 2.24) is 4.98 Å². The number of nitrogens with one attached hydrogen (secondary N) is 1. The topological polar surface area (TPSA) is 46.5 Å². The fourth-order valence-corrected chi connectivity index (χ4v) is 3.27. The fourth-order valence-electron chi connectivity index (χ4n) is 2.07. The van der Waals surface area contributed by atoms with Gasteiger partial charge in [0, 0.05) is 10.9 Å². The number of benzene rings is 2. The molecule has 4 nitrogen and oxygen atoms in total. The van der Waals surface area contributed by atoms with Crippen molar-refractivity contribution < 1.29 is 4.74 Å². The summed E-state index contributed by atoms with van der Waals surface area (Å²) in [5.41, 5.74) is 5.50. The van der Waals surface area contributed by atoms with Crippen LogP contribution in [0.25, 0.3) is 0 Å². The lowest BCUT2D eigenvalue weighted by molar-refractivity contribution is 0.306. The van der Waals surface area contributed by atoms with E-state index in [-0.39, 0.29) is 0 Å². The third kappa shape index (κ3) is 4.95. The average Bonchev–Trinajstić information content (AvgIpc) is 3.02. The molecule has 0 atom stereocenters. The van der Waals surface area contributed by atoms with Gasteiger partial charge in [-0.2, -0.15) is 5.10 Å². The number of halogens is 2. The van der Waals surface area contributed by atoms with Gasteiger partial charge >= 0.3 is 0 Å². The third-order valence-corrected chi connectivity index (χ3v) is 4.76. The van der Waals surface area contributed by atoms with E-state index in [4.69, 9.17) is 27.9 Å². The molecule has 0 saturated heterocycles. The Hall–Kier alpha value is -2.08. The minimum atomic E-state index is 0.450. The number of hydrazone groups is 1. The van der Waals surface area contributed by atoms with Gasteiger partial charge in [0.15, 0.2) is 0 Å². The highest BCUT2D eigenvalue weighted by atomic mass is 35.5. The van der Waals surface area contributed by atoms with Crippen molar-refractivity contribution in [3.05, 3.63) is 74.7 Å². The van der Waals surface area contributed by atoms with Crippen LogP contribution in [0.2, 0.25) is 10.0 Å². The molecule has 0 aliphatic rings. The van der Waals surface area contributed by atoms with Gasteiger partial charge < -0.3 is 4.74 Å². The first-order valence-electron chi connectivity index (χ1n) is 7.49. The van der Waals surface area contributed by atoms with Gasteiger partial charge in [0.25, 0.3) is 0 Å². The zero-order valence-corrected chi connectivity index (χ0v) is 15.7. The van der Waals surface area contributed by atoms with Crippen molar-refractivity contribution in [2.45, 2.75) is 13.5 Å². The van der Waals surface area contributed by atoms with E-state index in [1.165, 1.54) is 11.3 Å². The van der Waals surface area contributed by atoms with Crippen LogP contribution >= 0.6 is 34.5 Å². The molecule has 25 heavy (non-hydrogen) atoms. The van der Waals surface area contributed by atoms with E-state index in [1.54, 1.807) is 18.3 Å². The summed E-state index contributed by atoms with van der Waals surface area (Å²) in [5, 5.41) is 7.72. The largest absolute Gasteiger partial charge is 0.489 e. The lowest BCUT2D eigenvalue weighted by Gasteiger charge is -2.09. The molecule has 0 bridgehead atoms. The van der Waals surface area contributed by atoms with E-state index in [1.807, 2.05) is 42.6 Å². The Kier molecular flexibility index (Phi) is 5.91. The van der Waals surface area contributed by atoms with Crippen molar-refractivity contribution >= 4 is 45.9 Å². The number of rotatable bonds is 6. The molecule has 3 aromatic rings. The lowest BCUT2D eigenvalue weighted by Crippen LogP contribution is -1.97. The van der Waals surface area contributed by atoms with Crippen molar-refractivity contribution in [3.8, 4) is 5.75 Å². The summed E-state index contributed by atoms with van der Waals surface area (Å²) in [6, 6.07) is 13.3. The maximum Gasteiger partial charge on any atom is 0.203 e. The molecule has 0 aliphatic carbocycles. The number of nitrogens with zero attached hydrogens (tertiary/aromatic N) is 2. The highest BCUT2D eigenvalue weighted by Crippen LogP contribution is 2.29. The third-order valence-electron chi connectivity index (χ3n) is 3.27. The summed E-state index contributed by atoms with van der Waals surface area (Å²) in [6.45, 7) is 2.37. The van der Waals surface area contributed by atoms with Crippen LogP contribution in [-0.2, 0) is 6.61 Å². The molecule has 0 radical (unpaired) electrons. The van der Waals surface area contributed by atoms with E-state index in [0.717, 1.165) is 11.3 Å². The second-order valence-electron chi connectivity index (χ2n) is 5.24. The molecule has 128 valence electrons. The molecule has 1 aromatic heterocycles. The van der Waals surface area contributed by atoms with Gasteiger partial charge in [0.2, 0.25) is 5.13 Å². The van der Waals surface area contributed by atoms with Crippen LogP contribution in [0.5, 0.6) is 5.75 Å². The van der Waals surface area contributed by atoms with E-state index in [2.05, 4.69) is 15.5 Å². The van der Waals surface area contributed by atoms with Gasteiger partial charge in [-0.15, -0.1) is 11.3 Å². The molecule has 7 heteroatoms. The van der Waals surface area contributed by atoms with Crippen molar-refractivity contribution in [3.63, 3.8) is 0 Å². The van der Waals surface area contributed by atoms with E-state index in [9.17, 15) is 0 Å². The van der Waals surface area contributed by atoms with Crippen LogP contribution in [-0.4, -0.2) is 11.2 Å². The number of thiazole rings is 1. The van der Waals surface area contributed by atoms with Crippen LogP contribution in [0.4, 0.5) is 5.13 Å². The smallest absolute Gasteiger partial charge is 0.203 e. The first-order valence-corrected chi connectivity index (χ1v) is 9.12. The minimum absolute atomic E-state index is 0.450. The Morgan fingerprint density at radius 2 is 1.92 bits per heavy atom. The molecule has 3 rings (SSSR count). The normalized spacial score (nSPS) is 11.0. The highest BCUT2D eigenvalue weighted by Gasteiger charge is 2.08. The Balaban J connectivity index is 1.67. The van der Waals surface area contributed by atoms with Crippen molar-refractivity contribution in [2.24, 2.45) is 5.10 Å². The number of hydrogen-bond acceptors (Lipinski definition) is 5. The Morgan fingerprint density at radius 3 is 2.56 bits per heavy atom. The summed E-state index contributed by atoms with van der Waals surface area (Å²) in [7, 11) is 0. The molecule has 2 aromatic carbocycles. The van der Waals surface area contributed by atoms with Gasteiger partial charge in [-0.1, -0.05) is 53.5 Å². The van der Waals surface area contributed by atoms with Crippen molar-refractivity contribution in [2.75, 3.05) is 5.43 Å². The van der Waals surface area contributed by atoms with E-state index < -0.39 is 0 Å². The quantitative estimate of drug-likeness (QED) is 0.427. The number of aryl methyl sites for hydroxylation is 1. The molecule has 1 heterocycles.